The van der Waals surface area contributed by atoms with Gasteiger partial charge in [0.1, 0.15) is 5.82 Å². The van der Waals surface area contributed by atoms with Crippen LogP contribution in [0.3, 0.4) is 0 Å². The van der Waals surface area contributed by atoms with E-state index in [0.717, 1.165) is 62.8 Å². The first-order valence-electron chi connectivity index (χ1n) is 12.5. The quantitative estimate of drug-likeness (QED) is 0.347. The number of halogens is 1. The van der Waals surface area contributed by atoms with Crippen molar-refractivity contribution < 1.29 is 9.18 Å². The number of hydrogen-bond acceptors (Lipinski definition) is 5. The zero-order valence-corrected chi connectivity index (χ0v) is 20.6. The van der Waals surface area contributed by atoms with Crippen LogP contribution in [0.2, 0.25) is 0 Å². The van der Waals surface area contributed by atoms with Crippen LogP contribution < -0.4 is 15.5 Å². The van der Waals surface area contributed by atoms with Crippen molar-refractivity contribution in [3.8, 4) is 0 Å². The van der Waals surface area contributed by atoms with E-state index < -0.39 is 0 Å². The Bertz CT molecular complexity index is 1220. The number of carbonyl (C=O) groups is 1. The molecule has 36 heavy (non-hydrogen) atoms. The number of nitrogens with one attached hydrogen (secondary N) is 2. The molecule has 0 atom stereocenters. The smallest absolute Gasteiger partial charge is 0.257 e. The van der Waals surface area contributed by atoms with Gasteiger partial charge in [-0.3, -0.25) is 4.79 Å². The van der Waals surface area contributed by atoms with Crippen molar-refractivity contribution in [1.82, 2.24) is 9.80 Å². The van der Waals surface area contributed by atoms with Crippen molar-refractivity contribution in [3.05, 3.63) is 90.4 Å². The minimum atomic E-state index is -0.373. The number of piperazine rings is 1. The monoisotopic (exact) mass is 485 g/mol. The predicted octanol–water partition coefficient (Wildman–Crippen LogP) is 5.01. The molecule has 2 N–H and O–H groups in total. The fraction of sp³-hybridized carbons (Fsp3) is 0.276. The van der Waals surface area contributed by atoms with Gasteiger partial charge >= 0.3 is 0 Å². The van der Waals surface area contributed by atoms with Gasteiger partial charge in [-0.05, 0) is 74.6 Å². The Balaban J connectivity index is 1.29. The molecular weight excluding hydrogens is 453 g/mol. The topological polar surface area (TPSA) is 50.9 Å². The van der Waals surface area contributed by atoms with Crippen molar-refractivity contribution in [2.75, 3.05) is 61.8 Å². The van der Waals surface area contributed by atoms with Crippen molar-refractivity contribution in [2.45, 2.75) is 6.42 Å². The van der Waals surface area contributed by atoms with Gasteiger partial charge < -0.3 is 25.3 Å². The van der Waals surface area contributed by atoms with Gasteiger partial charge in [-0.15, -0.1) is 0 Å². The average Bonchev–Trinajstić information content (AvgIpc) is 3.20. The maximum Gasteiger partial charge on any atom is 0.257 e. The number of rotatable bonds is 8. The number of benzene rings is 3. The maximum atomic E-state index is 13.7. The molecule has 0 aliphatic carbocycles. The molecule has 186 valence electrons. The minimum absolute atomic E-state index is 0.241. The van der Waals surface area contributed by atoms with Crippen LogP contribution in [0.25, 0.3) is 5.57 Å². The lowest BCUT2D eigenvalue weighted by molar-refractivity contribution is -0.110. The van der Waals surface area contributed by atoms with Gasteiger partial charge in [0.05, 0.1) is 11.3 Å². The van der Waals surface area contributed by atoms with Crippen molar-refractivity contribution in [1.29, 1.82) is 0 Å². The summed E-state index contributed by atoms with van der Waals surface area (Å²) in [6, 6.07) is 22.5. The zero-order chi connectivity index (χ0) is 24.9. The number of carbonyl (C=O) groups excluding carboxylic acids is 1. The van der Waals surface area contributed by atoms with E-state index in [1.807, 2.05) is 53.6 Å². The van der Waals surface area contributed by atoms with E-state index in [0.29, 0.717) is 16.8 Å². The van der Waals surface area contributed by atoms with Gasteiger partial charge in [0, 0.05) is 61.5 Å². The largest absolute Gasteiger partial charge is 0.385 e. The third kappa shape index (κ3) is 5.58. The first-order valence-corrected chi connectivity index (χ1v) is 12.5. The van der Waals surface area contributed by atoms with Crippen LogP contribution in [0.1, 0.15) is 12.0 Å². The first-order chi connectivity index (χ1) is 17.6. The van der Waals surface area contributed by atoms with Crippen LogP contribution in [-0.4, -0.2) is 62.0 Å². The molecule has 0 radical (unpaired) electrons. The van der Waals surface area contributed by atoms with Gasteiger partial charge in [-0.2, -0.15) is 0 Å². The van der Waals surface area contributed by atoms with Crippen LogP contribution in [-0.2, 0) is 4.79 Å². The molecule has 0 unspecified atom stereocenters. The molecule has 0 bridgehead atoms. The molecule has 1 amide bonds. The normalized spacial score (nSPS) is 17.2. The first kappa shape index (κ1) is 24.0. The van der Waals surface area contributed by atoms with Crippen LogP contribution in [0.15, 0.2) is 79.0 Å². The zero-order valence-electron chi connectivity index (χ0n) is 20.6. The van der Waals surface area contributed by atoms with E-state index in [1.54, 1.807) is 6.07 Å². The molecule has 0 aromatic heterocycles. The van der Waals surface area contributed by atoms with Crippen molar-refractivity contribution in [2.24, 2.45) is 0 Å². The molecule has 1 saturated heterocycles. The Labute approximate surface area is 212 Å². The lowest BCUT2D eigenvalue weighted by Gasteiger charge is -2.32. The van der Waals surface area contributed by atoms with Gasteiger partial charge in [-0.25, -0.2) is 4.39 Å². The average molecular weight is 486 g/mol. The van der Waals surface area contributed by atoms with Crippen molar-refractivity contribution >= 4 is 34.2 Å². The molecule has 1 fully saturated rings. The summed E-state index contributed by atoms with van der Waals surface area (Å²) in [6.07, 6.45) is 2.93. The van der Waals surface area contributed by atoms with E-state index in [-0.39, 0.29) is 11.7 Å². The Kier molecular flexibility index (Phi) is 7.30. The number of para-hydroxylation sites is 1. The summed E-state index contributed by atoms with van der Waals surface area (Å²) < 4.78 is 13.7. The molecule has 6 nitrogen and oxygen atoms in total. The van der Waals surface area contributed by atoms with Crippen LogP contribution >= 0.6 is 0 Å². The Morgan fingerprint density at radius 2 is 1.69 bits per heavy atom. The number of likely N-dealkylation sites (N-methyl/N-ethyl adjacent to an activating group) is 1. The highest BCUT2D eigenvalue weighted by Crippen LogP contribution is 2.35. The molecule has 2 heterocycles. The number of amides is 1. The highest BCUT2D eigenvalue weighted by atomic mass is 19.1. The molecule has 2 aliphatic heterocycles. The summed E-state index contributed by atoms with van der Waals surface area (Å²) in [4.78, 5) is 19.6. The summed E-state index contributed by atoms with van der Waals surface area (Å²) in [7, 11) is 2.18. The lowest BCUT2D eigenvalue weighted by Crippen LogP contribution is -2.44. The van der Waals surface area contributed by atoms with E-state index in [4.69, 9.17) is 0 Å². The molecule has 3 aromatic rings. The Morgan fingerprint density at radius 3 is 2.44 bits per heavy atom. The fourth-order valence-corrected chi connectivity index (χ4v) is 4.66. The Morgan fingerprint density at radius 1 is 0.972 bits per heavy atom. The van der Waals surface area contributed by atoms with Crippen molar-refractivity contribution in [3.63, 3.8) is 0 Å². The standard InChI is InChI=1S/C29H32FN5O/c1-33-16-18-34(19-17-33)15-5-14-31-23-9-11-25(12-10-23)35(24-6-3-2-4-7-24)21-27-26-13-8-22(30)20-28(26)32-29(27)36/h2-4,6-13,20-21,31H,5,14-19H2,1H3,(H,32,36). The summed E-state index contributed by atoms with van der Waals surface area (Å²) >= 11 is 0. The van der Waals surface area contributed by atoms with Crippen LogP contribution in [0.5, 0.6) is 0 Å². The number of anilines is 4. The second-order valence-corrected chi connectivity index (χ2v) is 9.36. The summed E-state index contributed by atoms with van der Waals surface area (Å²) in [5.41, 5.74) is 4.62. The number of hydrogen-bond donors (Lipinski definition) is 2. The Hall–Kier alpha value is -3.68. The molecule has 2 aliphatic rings. The van der Waals surface area contributed by atoms with E-state index in [2.05, 4.69) is 39.6 Å². The molecule has 0 spiro atoms. The van der Waals surface area contributed by atoms with E-state index >= 15 is 0 Å². The minimum Gasteiger partial charge on any atom is -0.385 e. The number of nitrogens with zero attached hydrogens (tertiary/aromatic N) is 3. The van der Waals surface area contributed by atoms with Gasteiger partial charge in [0.2, 0.25) is 0 Å². The van der Waals surface area contributed by atoms with E-state index in [1.165, 1.54) is 12.1 Å². The van der Waals surface area contributed by atoms with Gasteiger partial charge in [0.25, 0.3) is 5.91 Å². The highest BCUT2D eigenvalue weighted by Gasteiger charge is 2.26. The van der Waals surface area contributed by atoms with Crippen LogP contribution in [0.4, 0.5) is 27.1 Å². The summed E-state index contributed by atoms with van der Waals surface area (Å²) in [6.45, 7) is 6.62. The highest BCUT2D eigenvalue weighted by molar-refractivity contribution is 6.31. The second kappa shape index (κ2) is 10.9. The SMILES string of the molecule is CN1CCN(CCCNc2ccc(N(C=C3C(=O)Nc4cc(F)ccc43)c3ccccc3)cc2)CC1. The summed E-state index contributed by atoms with van der Waals surface area (Å²) in [5, 5.41) is 6.30. The number of fused-ring (bicyclic) bond motifs is 1. The van der Waals surface area contributed by atoms with Gasteiger partial charge in [0.15, 0.2) is 0 Å². The fourth-order valence-electron chi connectivity index (χ4n) is 4.66. The molecule has 7 heteroatoms. The molecule has 5 rings (SSSR count). The maximum absolute atomic E-state index is 13.7. The second-order valence-electron chi connectivity index (χ2n) is 9.36. The lowest BCUT2D eigenvalue weighted by atomic mass is 10.1. The summed E-state index contributed by atoms with van der Waals surface area (Å²) in [5.74, 6) is -0.614. The molecular formula is C29H32FN5O. The predicted molar refractivity (Wildman–Crippen MR) is 145 cm³/mol. The van der Waals surface area contributed by atoms with Crippen LogP contribution in [0, 0.1) is 5.82 Å². The third-order valence-corrected chi connectivity index (χ3v) is 6.78. The van der Waals surface area contributed by atoms with Gasteiger partial charge in [-0.1, -0.05) is 18.2 Å². The molecule has 3 aromatic carbocycles. The van der Waals surface area contributed by atoms with E-state index in [9.17, 15) is 9.18 Å². The third-order valence-electron chi connectivity index (χ3n) is 6.78. The molecule has 0 saturated carbocycles.